The second-order valence-corrected chi connectivity index (χ2v) is 5.75. The fraction of sp³-hybridized carbons (Fsp3) is 0.438. The summed E-state index contributed by atoms with van der Waals surface area (Å²) in [6.45, 7) is 11.7. The first kappa shape index (κ1) is 15.7. The fourth-order valence-electron chi connectivity index (χ4n) is 1.85. The van der Waals surface area contributed by atoms with E-state index in [-0.39, 0.29) is 11.2 Å². The van der Waals surface area contributed by atoms with Crippen molar-refractivity contribution in [2.24, 2.45) is 5.41 Å². The van der Waals surface area contributed by atoms with E-state index < -0.39 is 0 Å². The van der Waals surface area contributed by atoms with Crippen LogP contribution in [0.1, 0.15) is 38.6 Å². The van der Waals surface area contributed by atoms with Crippen LogP contribution in [0.3, 0.4) is 0 Å². The molecule has 0 aromatic carbocycles. The maximum absolute atomic E-state index is 8.95. The van der Waals surface area contributed by atoms with Crippen LogP contribution >= 0.6 is 0 Å². The molecule has 1 heterocycles. The number of aromatic nitrogens is 2. The van der Waals surface area contributed by atoms with Crippen LogP contribution < -0.4 is 4.90 Å². The summed E-state index contributed by atoms with van der Waals surface area (Å²) in [5.41, 5.74) is 0.697. The number of rotatable bonds is 5. The zero-order chi connectivity index (χ0) is 15.2. The van der Waals surface area contributed by atoms with Gasteiger partial charge >= 0.3 is 0 Å². The minimum atomic E-state index is 0.0881. The van der Waals surface area contributed by atoms with E-state index in [2.05, 4.69) is 48.1 Å². The second kappa shape index (κ2) is 6.73. The average molecular weight is 268 g/mol. The first-order valence-electron chi connectivity index (χ1n) is 6.51. The van der Waals surface area contributed by atoms with Crippen molar-refractivity contribution in [3.63, 3.8) is 0 Å². The van der Waals surface area contributed by atoms with Gasteiger partial charge in [-0.2, -0.15) is 5.26 Å². The molecule has 0 saturated carbocycles. The maximum atomic E-state index is 8.95. The molecule has 0 amide bonds. The molecule has 0 atom stereocenters. The summed E-state index contributed by atoms with van der Waals surface area (Å²) in [5, 5.41) is 8.95. The predicted octanol–water partition coefficient (Wildman–Crippen LogP) is 2.76. The van der Waals surface area contributed by atoms with Crippen LogP contribution in [0.2, 0.25) is 0 Å². The molecule has 20 heavy (non-hydrogen) atoms. The van der Waals surface area contributed by atoms with Gasteiger partial charge in [0.2, 0.25) is 5.82 Å². The molecule has 0 radical (unpaired) electrons. The van der Waals surface area contributed by atoms with Crippen LogP contribution in [0.15, 0.2) is 18.9 Å². The van der Waals surface area contributed by atoms with E-state index in [0.29, 0.717) is 11.4 Å². The lowest BCUT2D eigenvalue weighted by molar-refractivity contribution is 0.409. The van der Waals surface area contributed by atoms with Gasteiger partial charge in [0.1, 0.15) is 11.9 Å². The molecule has 104 valence electrons. The van der Waals surface area contributed by atoms with Crippen molar-refractivity contribution in [1.82, 2.24) is 9.97 Å². The third-order valence-corrected chi connectivity index (χ3v) is 2.59. The quantitative estimate of drug-likeness (QED) is 0.608. The number of hydrogen-bond acceptors (Lipinski definition) is 4. The molecule has 0 bridgehead atoms. The Labute approximate surface area is 121 Å². The van der Waals surface area contributed by atoms with Crippen molar-refractivity contribution in [1.29, 1.82) is 5.26 Å². The van der Waals surface area contributed by atoms with Crippen molar-refractivity contribution in [2.45, 2.75) is 27.2 Å². The molecule has 4 nitrogen and oxygen atoms in total. The van der Waals surface area contributed by atoms with E-state index in [4.69, 9.17) is 11.7 Å². The highest BCUT2D eigenvalue weighted by Gasteiger charge is 2.20. The van der Waals surface area contributed by atoms with Gasteiger partial charge in [-0.15, -0.1) is 13.0 Å². The lowest BCUT2D eigenvalue weighted by Crippen LogP contribution is -2.34. The molecule has 1 rings (SSSR count). The minimum Gasteiger partial charge on any atom is -0.355 e. The van der Waals surface area contributed by atoms with E-state index in [1.165, 1.54) is 6.20 Å². The summed E-state index contributed by atoms with van der Waals surface area (Å²) >= 11 is 0. The van der Waals surface area contributed by atoms with E-state index >= 15 is 0 Å². The molecule has 0 N–H and O–H groups in total. The Bertz CT molecular complexity index is 555. The molecule has 0 fully saturated rings. The minimum absolute atomic E-state index is 0.0881. The first-order valence-corrected chi connectivity index (χ1v) is 6.51. The lowest BCUT2D eigenvalue weighted by atomic mass is 9.95. The maximum Gasteiger partial charge on any atom is 0.234 e. The van der Waals surface area contributed by atoms with Crippen molar-refractivity contribution in [3.8, 4) is 18.4 Å². The average Bonchev–Trinajstić information content (AvgIpc) is 2.41. The standard InChI is InChI=1S/C16H20N4/c1-6-8-9-20(12-16(3,4)5)15-13(7-2)11-18-14(10-17)19-15/h2,6,11H,1,8-9,12H2,3-5H3. The summed E-state index contributed by atoms with van der Waals surface area (Å²) in [6.07, 6.45) is 9.73. The topological polar surface area (TPSA) is 52.8 Å². The molecule has 1 aromatic heterocycles. The number of hydrogen-bond donors (Lipinski definition) is 0. The lowest BCUT2D eigenvalue weighted by Gasteiger charge is -2.31. The van der Waals surface area contributed by atoms with Crippen LogP contribution in [0.4, 0.5) is 5.82 Å². The van der Waals surface area contributed by atoms with Crippen LogP contribution in [-0.4, -0.2) is 23.1 Å². The largest absolute Gasteiger partial charge is 0.355 e. The molecule has 0 unspecified atom stereocenters. The number of nitriles is 1. The zero-order valence-electron chi connectivity index (χ0n) is 12.3. The molecular weight excluding hydrogens is 248 g/mol. The van der Waals surface area contributed by atoms with Gasteiger partial charge < -0.3 is 4.90 Å². The smallest absolute Gasteiger partial charge is 0.234 e. The van der Waals surface area contributed by atoms with Crippen LogP contribution in [-0.2, 0) is 0 Å². The van der Waals surface area contributed by atoms with Gasteiger partial charge in [-0.3, -0.25) is 0 Å². The van der Waals surface area contributed by atoms with Crippen LogP contribution in [0, 0.1) is 29.1 Å². The highest BCUT2D eigenvalue weighted by Crippen LogP contribution is 2.23. The van der Waals surface area contributed by atoms with Crippen LogP contribution in [0.25, 0.3) is 0 Å². The van der Waals surface area contributed by atoms with Gasteiger partial charge in [0.05, 0.1) is 5.56 Å². The third kappa shape index (κ3) is 4.40. The van der Waals surface area contributed by atoms with Gasteiger partial charge in [0.15, 0.2) is 0 Å². The SMILES string of the molecule is C#Cc1cnc(C#N)nc1N(CCC=C)CC(C)(C)C. The molecule has 0 aliphatic carbocycles. The Morgan fingerprint density at radius 1 is 1.50 bits per heavy atom. The van der Waals surface area contributed by atoms with E-state index in [1.807, 2.05) is 12.1 Å². The van der Waals surface area contributed by atoms with Crippen molar-refractivity contribution in [3.05, 3.63) is 30.2 Å². The Morgan fingerprint density at radius 2 is 2.20 bits per heavy atom. The van der Waals surface area contributed by atoms with Crippen molar-refractivity contribution in [2.75, 3.05) is 18.0 Å². The Kier molecular flexibility index (Phi) is 5.29. The molecule has 4 heteroatoms. The molecule has 0 saturated heterocycles. The third-order valence-electron chi connectivity index (χ3n) is 2.59. The van der Waals surface area contributed by atoms with E-state index in [1.54, 1.807) is 0 Å². The summed E-state index contributed by atoms with van der Waals surface area (Å²) in [6, 6.07) is 1.95. The number of anilines is 1. The summed E-state index contributed by atoms with van der Waals surface area (Å²) in [4.78, 5) is 10.3. The van der Waals surface area contributed by atoms with Crippen LogP contribution in [0.5, 0.6) is 0 Å². The highest BCUT2D eigenvalue weighted by atomic mass is 15.2. The van der Waals surface area contributed by atoms with Crippen molar-refractivity contribution >= 4 is 5.82 Å². The second-order valence-electron chi connectivity index (χ2n) is 5.75. The summed E-state index contributed by atoms with van der Waals surface area (Å²) in [7, 11) is 0. The monoisotopic (exact) mass is 268 g/mol. The predicted molar refractivity (Wildman–Crippen MR) is 81.2 cm³/mol. The van der Waals surface area contributed by atoms with Gasteiger partial charge in [-0.1, -0.05) is 32.8 Å². The number of nitrogens with zero attached hydrogens (tertiary/aromatic N) is 4. The fourth-order valence-corrected chi connectivity index (χ4v) is 1.85. The van der Waals surface area contributed by atoms with E-state index in [9.17, 15) is 0 Å². The molecule has 0 aliphatic rings. The number of terminal acetylenes is 1. The van der Waals surface area contributed by atoms with Gasteiger partial charge in [-0.25, -0.2) is 9.97 Å². The Morgan fingerprint density at radius 3 is 2.70 bits per heavy atom. The Balaban J connectivity index is 3.21. The normalized spacial score (nSPS) is 10.4. The highest BCUT2D eigenvalue weighted by molar-refractivity contribution is 5.55. The van der Waals surface area contributed by atoms with E-state index in [0.717, 1.165) is 19.5 Å². The molecule has 0 spiro atoms. The van der Waals surface area contributed by atoms with Crippen molar-refractivity contribution < 1.29 is 0 Å². The Hall–Kier alpha value is -2.33. The summed E-state index contributed by atoms with van der Waals surface area (Å²) in [5.74, 6) is 3.37. The van der Waals surface area contributed by atoms with Gasteiger partial charge in [0, 0.05) is 19.3 Å². The molecule has 1 aromatic rings. The first-order chi connectivity index (χ1) is 9.41. The van der Waals surface area contributed by atoms with Gasteiger partial charge in [0.25, 0.3) is 0 Å². The molecular formula is C16H20N4. The summed E-state index contributed by atoms with van der Waals surface area (Å²) < 4.78 is 0. The van der Waals surface area contributed by atoms with Gasteiger partial charge in [-0.05, 0) is 11.8 Å². The zero-order valence-corrected chi connectivity index (χ0v) is 12.3. The molecule has 0 aliphatic heterocycles.